The lowest BCUT2D eigenvalue weighted by molar-refractivity contribution is -0.144. The highest BCUT2D eigenvalue weighted by atomic mass is 16.5. The van der Waals surface area contributed by atoms with Crippen molar-refractivity contribution < 1.29 is 19.4 Å². The zero-order chi connectivity index (χ0) is 15.0. The predicted molar refractivity (Wildman–Crippen MR) is 75.2 cm³/mol. The number of alkyl carbamates (subject to hydrolysis) is 1. The molecule has 0 bridgehead atoms. The van der Waals surface area contributed by atoms with Crippen LogP contribution in [0.3, 0.4) is 0 Å². The van der Waals surface area contributed by atoms with Crippen LogP contribution in [0.2, 0.25) is 0 Å². The molecule has 0 spiro atoms. The van der Waals surface area contributed by atoms with E-state index in [1.807, 2.05) is 30.3 Å². The molecule has 0 saturated heterocycles. The van der Waals surface area contributed by atoms with Crippen molar-refractivity contribution in [1.82, 2.24) is 5.32 Å². The lowest BCUT2D eigenvalue weighted by Gasteiger charge is -2.25. The Morgan fingerprint density at radius 1 is 1.40 bits per heavy atom. The summed E-state index contributed by atoms with van der Waals surface area (Å²) < 4.78 is 5.01. The Kier molecular flexibility index (Phi) is 5.77. The number of amides is 1. The van der Waals surface area contributed by atoms with Crippen LogP contribution >= 0.6 is 0 Å². The van der Waals surface area contributed by atoms with E-state index in [9.17, 15) is 14.7 Å². The number of carboxylic acid groups (broad SMARTS) is 1. The quantitative estimate of drug-likeness (QED) is 0.751. The monoisotopic (exact) mass is 277 g/mol. The highest BCUT2D eigenvalue weighted by Crippen LogP contribution is 2.14. The Hall–Kier alpha value is -2.30. The van der Waals surface area contributed by atoms with Gasteiger partial charge < -0.3 is 15.2 Å². The van der Waals surface area contributed by atoms with E-state index in [1.165, 1.54) is 6.92 Å². The summed E-state index contributed by atoms with van der Waals surface area (Å²) in [6.07, 6.45) is 1.61. The maximum atomic E-state index is 11.7. The Morgan fingerprint density at radius 3 is 2.60 bits per heavy atom. The lowest BCUT2D eigenvalue weighted by atomic mass is 9.96. The number of carbonyl (C=O) groups is 2. The molecule has 0 aliphatic heterocycles. The molecule has 0 saturated carbocycles. The van der Waals surface area contributed by atoms with Crippen molar-refractivity contribution in [3.8, 4) is 0 Å². The Labute approximate surface area is 118 Å². The minimum atomic E-state index is -1.36. The lowest BCUT2D eigenvalue weighted by Crippen LogP contribution is -2.52. The number of carboxylic acids is 1. The minimum Gasteiger partial charge on any atom is -0.480 e. The SMILES string of the molecule is C=CCCC(C)(NC(=O)OCc1ccccc1)C(=O)O. The van der Waals surface area contributed by atoms with Crippen molar-refractivity contribution in [3.63, 3.8) is 0 Å². The summed E-state index contributed by atoms with van der Waals surface area (Å²) in [5.74, 6) is -1.10. The van der Waals surface area contributed by atoms with E-state index in [1.54, 1.807) is 6.08 Å². The maximum Gasteiger partial charge on any atom is 0.408 e. The third kappa shape index (κ3) is 4.76. The molecule has 0 heterocycles. The molecule has 0 aliphatic rings. The number of allylic oxidation sites excluding steroid dienone is 1. The van der Waals surface area contributed by atoms with Gasteiger partial charge in [0.1, 0.15) is 12.1 Å². The molecular weight excluding hydrogens is 258 g/mol. The van der Waals surface area contributed by atoms with E-state index in [0.717, 1.165) is 5.56 Å². The first-order valence-corrected chi connectivity index (χ1v) is 6.31. The number of hydrogen-bond donors (Lipinski definition) is 2. The van der Waals surface area contributed by atoms with Gasteiger partial charge in [0.25, 0.3) is 0 Å². The zero-order valence-electron chi connectivity index (χ0n) is 11.5. The summed E-state index contributed by atoms with van der Waals surface area (Å²) in [6, 6.07) is 9.17. The highest BCUT2D eigenvalue weighted by molar-refractivity contribution is 5.83. The second kappa shape index (κ2) is 7.33. The molecule has 0 aliphatic carbocycles. The summed E-state index contributed by atoms with van der Waals surface area (Å²) >= 11 is 0. The van der Waals surface area contributed by atoms with Crippen LogP contribution in [0.5, 0.6) is 0 Å². The number of rotatable bonds is 7. The van der Waals surface area contributed by atoms with Crippen LogP contribution in [0.1, 0.15) is 25.3 Å². The molecule has 0 aromatic heterocycles. The number of nitrogens with one attached hydrogen (secondary N) is 1. The molecule has 0 fully saturated rings. The van der Waals surface area contributed by atoms with Crippen molar-refractivity contribution in [3.05, 3.63) is 48.6 Å². The second-order valence-electron chi connectivity index (χ2n) is 4.65. The molecule has 1 aromatic carbocycles. The Bertz CT molecular complexity index is 472. The normalized spacial score (nSPS) is 13.1. The summed E-state index contributed by atoms with van der Waals surface area (Å²) in [5, 5.41) is 11.6. The van der Waals surface area contributed by atoms with Gasteiger partial charge in [0.05, 0.1) is 0 Å². The number of aliphatic carboxylic acids is 1. The Morgan fingerprint density at radius 2 is 2.05 bits per heavy atom. The van der Waals surface area contributed by atoms with Gasteiger partial charge in [-0.1, -0.05) is 36.4 Å². The fraction of sp³-hybridized carbons (Fsp3) is 0.333. The molecule has 5 nitrogen and oxygen atoms in total. The third-order valence-electron chi connectivity index (χ3n) is 2.91. The Balaban J connectivity index is 2.54. The van der Waals surface area contributed by atoms with E-state index in [0.29, 0.717) is 6.42 Å². The molecule has 1 aromatic rings. The number of benzene rings is 1. The number of carbonyl (C=O) groups excluding carboxylic acids is 1. The predicted octanol–water partition coefficient (Wildman–Crippen LogP) is 2.72. The van der Waals surface area contributed by atoms with E-state index >= 15 is 0 Å². The van der Waals surface area contributed by atoms with Gasteiger partial charge in [-0.2, -0.15) is 0 Å². The fourth-order valence-corrected chi connectivity index (χ4v) is 1.60. The van der Waals surface area contributed by atoms with Gasteiger partial charge >= 0.3 is 12.1 Å². The van der Waals surface area contributed by atoms with E-state index in [4.69, 9.17) is 4.74 Å². The summed E-state index contributed by atoms with van der Waals surface area (Å²) in [6.45, 7) is 5.09. The zero-order valence-corrected chi connectivity index (χ0v) is 11.5. The third-order valence-corrected chi connectivity index (χ3v) is 2.91. The molecule has 5 heteroatoms. The van der Waals surface area contributed by atoms with Crippen molar-refractivity contribution in [2.75, 3.05) is 0 Å². The van der Waals surface area contributed by atoms with E-state index < -0.39 is 17.6 Å². The van der Waals surface area contributed by atoms with E-state index in [-0.39, 0.29) is 13.0 Å². The molecular formula is C15H19NO4. The standard InChI is InChI=1S/C15H19NO4/c1-3-4-10-15(2,13(17)18)16-14(19)20-11-12-8-6-5-7-9-12/h3,5-9H,1,4,10-11H2,2H3,(H,16,19)(H,17,18). The molecule has 1 atom stereocenters. The van der Waals surface area contributed by atoms with Gasteiger partial charge in [-0.05, 0) is 25.3 Å². The van der Waals surface area contributed by atoms with Gasteiger partial charge in [0.15, 0.2) is 0 Å². The topological polar surface area (TPSA) is 75.6 Å². The van der Waals surface area contributed by atoms with Crippen molar-refractivity contribution in [2.24, 2.45) is 0 Å². The van der Waals surface area contributed by atoms with Gasteiger partial charge in [0.2, 0.25) is 0 Å². The first kappa shape index (κ1) is 15.8. The van der Waals surface area contributed by atoms with Crippen LogP contribution in [0.25, 0.3) is 0 Å². The first-order chi connectivity index (χ1) is 9.48. The van der Waals surface area contributed by atoms with Crippen molar-refractivity contribution in [2.45, 2.75) is 31.9 Å². The molecule has 1 rings (SSSR count). The second-order valence-corrected chi connectivity index (χ2v) is 4.65. The van der Waals surface area contributed by atoms with Crippen LogP contribution in [0.4, 0.5) is 4.79 Å². The van der Waals surface area contributed by atoms with Gasteiger partial charge in [0, 0.05) is 0 Å². The molecule has 2 N–H and O–H groups in total. The van der Waals surface area contributed by atoms with Crippen LogP contribution in [-0.2, 0) is 16.1 Å². The molecule has 108 valence electrons. The van der Waals surface area contributed by atoms with Crippen LogP contribution in [0, 0.1) is 0 Å². The van der Waals surface area contributed by atoms with E-state index in [2.05, 4.69) is 11.9 Å². The average Bonchev–Trinajstić information content (AvgIpc) is 2.44. The maximum absolute atomic E-state index is 11.7. The van der Waals surface area contributed by atoms with Crippen LogP contribution < -0.4 is 5.32 Å². The molecule has 1 amide bonds. The first-order valence-electron chi connectivity index (χ1n) is 6.31. The smallest absolute Gasteiger partial charge is 0.408 e. The molecule has 1 unspecified atom stereocenters. The minimum absolute atomic E-state index is 0.101. The number of ether oxygens (including phenoxy) is 1. The summed E-state index contributed by atoms with van der Waals surface area (Å²) in [4.78, 5) is 22.9. The van der Waals surface area contributed by atoms with Crippen molar-refractivity contribution in [1.29, 1.82) is 0 Å². The van der Waals surface area contributed by atoms with Gasteiger partial charge in [-0.3, -0.25) is 0 Å². The fourth-order valence-electron chi connectivity index (χ4n) is 1.60. The highest BCUT2D eigenvalue weighted by Gasteiger charge is 2.34. The van der Waals surface area contributed by atoms with Gasteiger partial charge in [-0.25, -0.2) is 9.59 Å². The van der Waals surface area contributed by atoms with Crippen LogP contribution in [-0.4, -0.2) is 22.7 Å². The van der Waals surface area contributed by atoms with Crippen molar-refractivity contribution >= 4 is 12.1 Å². The van der Waals surface area contributed by atoms with Crippen LogP contribution in [0.15, 0.2) is 43.0 Å². The average molecular weight is 277 g/mol. The number of hydrogen-bond acceptors (Lipinski definition) is 3. The molecule has 0 radical (unpaired) electrons. The molecule has 20 heavy (non-hydrogen) atoms. The summed E-state index contributed by atoms with van der Waals surface area (Å²) in [5.41, 5.74) is -0.520. The van der Waals surface area contributed by atoms with Gasteiger partial charge in [-0.15, -0.1) is 6.58 Å². The summed E-state index contributed by atoms with van der Waals surface area (Å²) in [7, 11) is 0. The largest absolute Gasteiger partial charge is 0.480 e.